The molecule has 7 heteroatoms. The molecule has 1 N–H and O–H groups in total. The zero-order valence-corrected chi connectivity index (χ0v) is 18.2. The van der Waals surface area contributed by atoms with Gasteiger partial charge in [-0.3, -0.25) is 14.5 Å². The minimum Gasteiger partial charge on any atom is -0.497 e. The summed E-state index contributed by atoms with van der Waals surface area (Å²) in [5.41, 5.74) is 3.70. The summed E-state index contributed by atoms with van der Waals surface area (Å²) >= 11 is 1.38. The Kier molecular flexibility index (Phi) is 5.81. The zero-order chi connectivity index (χ0) is 21.3. The van der Waals surface area contributed by atoms with Crippen LogP contribution in [0.5, 0.6) is 5.75 Å². The van der Waals surface area contributed by atoms with Crippen molar-refractivity contribution in [3.8, 4) is 5.75 Å². The van der Waals surface area contributed by atoms with E-state index in [4.69, 9.17) is 4.74 Å². The van der Waals surface area contributed by atoms with Gasteiger partial charge in [0.05, 0.1) is 12.8 Å². The number of aliphatic imine (C=N–C) groups is 1. The molecule has 0 spiro atoms. The molecule has 1 heterocycles. The van der Waals surface area contributed by atoms with E-state index in [-0.39, 0.29) is 24.3 Å². The van der Waals surface area contributed by atoms with Crippen molar-refractivity contribution in [3.05, 3.63) is 53.6 Å². The summed E-state index contributed by atoms with van der Waals surface area (Å²) in [6, 6.07) is 13.5. The first kappa shape index (κ1) is 20.5. The highest BCUT2D eigenvalue weighted by Gasteiger charge is 2.46. The third kappa shape index (κ3) is 4.51. The molecular formula is C23H25N3O3S. The minimum absolute atomic E-state index is 0.0226. The molecule has 1 saturated heterocycles. The summed E-state index contributed by atoms with van der Waals surface area (Å²) in [5, 5.41) is 3.17. The number of rotatable bonds is 6. The van der Waals surface area contributed by atoms with Crippen molar-refractivity contribution in [2.75, 3.05) is 12.4 Å². The number of aryl methyl sites for hydroxylation is 2. The van der Waals surface area contributed by atoms with Gasteiger partial charge in [0.2, 0.25) is 11.8 Å². The monoisotopic (exact) mass is 423 g/mol. The van der Waals surface area contributed by atoms with Gasteiger partial charge in [-0.25, -0.2) is 4.99 Å². The lowest BCUT2D eigenvalue weighted by molar-refractivity contribution is -0.128. The van der Waals surface area contributed by atoms with E-state index in [2.05, 4.69) is 10.3 Å². The van der Waals surface area contributed by atoms with Crippen molar-refractivity contribution in [2.45, 2.75) is 44.4 Å². The summed E-state index contributed by atoms with van der Waals surface area (Å²) in [7, 11) is 1.62. The summed E-state index contributed by atoms with van der Waals surface area (Å²) in [6.07, 6.45) is 2.09. The number of benzene rings is 2. The number of hydrogen-bond donors (Lipinski definition) is 1. The highest BCUT2D eigenvalue weighted by Crippen LogP contribution is 2.39. The van der Waals surface area contributed by atoms with Gasteiger partial charge in [-0.1, -0.05) is 29.5 Å². The van der Waals surface area contributed by atoms with Crippen LogP contribution in [-0.4, -0.2) is 40.3 Å². The molecule has 0 aromatic heterocycles. The lowest BCUT2D eigenvalue weighted by Crippen LogP contribution is -2.35. The van der Waals surface area contributed by atoms with Crippen LogP contribution in [0.1, 0.15) is 30.4 Å². The summed E-state index contributed by atoms with van der Waals surface area (Å²) in [5.74, 6) is 0.578. The SMILES string of the molecule is COc1ccc(N=C2S[C@H](CC(=O)Nc3ccc(C)cc3C)C(=O)N2C2CC2)cc1. The molecule has 2 aromatic carbocycles. The maximum Gasteiger partial charge on any atom is 0.242 e. The third-order valence-corrected chi connectivity index (χ3v) is 6.35. The van der Waals surface area contributed by atoms with Gasteiger partial charge in [-0.05, 0) is 62.6 Å². The van der Waals surface area contributed by atoms with Crippen LogP contribution in [0.2, 0.25) is 0 Å². The number of hydrogen-bond acceptors (Lipinski definition) is 5. The van der Waals surface area contributed by atoms with Gasteiger partial charge in [0.1, 0.15) is 11.0 Å². The highest BCUT2D eigenvalue weighted by atomic mass is 32.2. The number of methoxy groups -OCH3 is 1. The molecule has 6 nitrogen and oxygen atoms in total. The topological polar surface area (TPSA) is 71.0 Å². The van der Waals surface area contributed by atoms with Gasteiger partial charge < -0.3 is 10.1 Å². The Morgan fingerprint density at radius 1 is 1.20 bits per heavy atom. The lowest BCUT2D eigenvalue weighted by atomic mass is 10.1. The minimum atomic E-state index is -0.451. The first-order valence-electron chi connectivity index (χ1n) is 10.0. The summed E-state index contributed by atoms with van der Waals surface area (Å²) < 4.78 is 5.19. The van der Waals surface area contributed by atoms with Crippen LogP contribution in [0.15, 0.2) is 47.5 Å². The van der Waals surface area contributed by atoms with E-state index in [0.717, 1.165) is 41.1 Å². The molecule has 156 valence electrons. The summed E-state index contributed by atoms with van der Waals surface area (Å²) in [6.45, 7) is 3.98. The van der Waals surface area contributed by atoms with Gasteiger partial charge in [0.15, 0.2) is 5.17 Å². The number of amides is 2. The molecule has 1 aliphatic heterocycles. The number of amidine groups is 1. The standard InChI is InChI=1S/C23H25N3O3S/c1-14-4-11-19(15(2)12-14)25-21(27)13-20-22(28)26(17-7-8-17)23(30-20)24-16-5-9-18(29-3)10-6-16/h4-6,9-12,17,20H,7-8,13H2,1-3H3,(H,25,27)/t20-/m1/s1. The second-order valence-corrected chi connectivity index (χ2v) is 8.88. The van der Waals surface area contributed by atoms with Crippen molar-refractivity contribution in [1.29, 1.82) is 0 Å². The molecule has 2 aliphatic rings. The fraction of sp³-hybridized carbons (Fsp3) is 0.348. The number of carbonyl (C=O) groups is 2. The van der Waals surface area contributed by atoms with Crippen molar-refractivity contribution < 1.29 is 14.3 Å². The Morgan fingerprint density at radius 3 is 2.57 bits per heavy atom. The van der Waals surface area contributed by atoms with Crippen LogP contribution >= 0.6 is 11.8 Å². The van der Waals surface area contributed by atoms with Crippen LogP contribution in [-0.2, 0) is 9.59 Å². The number of thioether (sulfide) groups is 1. The molecule has 2 amide bonds. The van der Waals surface area contributed by atoms with E-state index >= 15 is 0 Å². The summed E-state index contributed by atoms with van der Waals surface area (Å²) in [4.78, 5) is 32.1. The van der Waals surface area contributed by atoms with E-state index in [1.165, 1.54) is 11.8 Å². The maximum absolute atomic E-state index is 13.0. The Morgan fingerprint density at radius 2 is 1.93 bits per heavy atom. The molecule has 1 aliphatic carbocycles. The Bertz CT molecular complexity index is 999. The van der Waals surface area contributed by atoms with E-state index in [9.17, 15) is 9.59 Å². The van der Waals surface area contributed by atoms with Crippen LogP contribution in [0, 0.1) is 13.8 Å². The normalized spacial score (nSPS) is 20.0. The zero-order valence-electron chi connectivity index (χ0n) is 17.3. The molecule has 30 heavy (non-hydrogen) atoms. The lowest BCUT2D eigenvalue weighted by Gasteiger charge is -2.15. The second-order valence-electron chi connectivity index (χ2n) is 7.71. The Balaban J connectivity index is 1.48. The van der Waals surface area contributed by atoms with Crippen molar-refractivity contribution in [3.63, 3.8) is 0 Å². The van der Waals surface area contributed by atoms with Crippen molar-refractivity contribution in [2.24, 2.45) is 4.99 Å². The number of anilines is 1. The molecule has 1 atom stereocenters. The van der Waals surface area contributed by atoms with Crippen molar-refractivity contribution in [1.82, 2.24) is 4.90 Å². The molecule has 2 fully saturated rings. The van der Waals surface area contributed by atoms with Crippen LogP contribution in [0.25, 0.3) is 0 Å². The third-order valence-electron chi connectivity index (χ3n) is 5.20. The Labute approximate surface area is 180 Å². The van der Waals surface area contributed by atoms with Crippen molar-refractivity contribution >= 4 is 40.1 Å². The largest absolute Gasteiger partial charge is 0.497 e. The molecule has 2 aromatic rings. The molecule has 0 radical (unpaired) electrons. The smallest absolute Gasteiger partial charge is 0.242 e. The average molecular weight is 424 g/mol. The average Bonchev–Trinajstić information content (AvgIpc) is 3.50. The molecule has 0 bridgehead atoms. The molecule has 4 rings (SSSR count). The predicted octanol–water partition coefficient (Wildman–Crippen LogP) is 4.43. The highest BCUT2D eigenvalue weighted by molar-refractivity contribution is 8.15. The molecular weight excluding hydrogens is 398 g/mol. The number of nitrogens with zero attached hydrogens (tertiary/aromatic N) is 2. The number of carbonyl (C=O) groups excluding carboxylic acids is 2. The van der Waals surface area contributed by atoms with Gasteiger partial charge in [0.25, 0.3) is 0 Å². The van der Waals surface area contributed by atoms with E-state index in [0.29, 0.717) is 5.17 Å². The van der Waals surface area contributed by atoms with Gasteiger partial charge in [-0.2, -0.15) is 0 Å². The number of nitrogens with one attached hydrogen (secondary N) is 1. The molecule has 1 saturated carbocycles. The van der Waals surface area contributed by atoms with Gasteiger partial charge in [0, 0.05) is 18.2 Å². The van der Waals surface area contributed by atoms with E-state index < -0.39 is 5.25 Å². The van der Waals surface area contributed by atoms with Crippen LogP contribution in [0.4, 0.5) is 11.4 Å². The van der Waals surface area contributed by atoms with Crippen LogP contribution < -0.4 is 10.1 Å². The fourth-order valence-electron chi connectivity index (χ4n) is 3.45. The van der Waals surface area contributed by atoms with E-state index in [1.54, 1.807) is 12.0 Å². The maximum atomic E-state index is 13.0. The Hall–Kier alpha value is -2.80. The van der Waals surface area contributed by atoms with Gasteiger partial charge >= 0.3 is 0 Å². The fourth-order valence-corrected chi connectivity index (χ4v) is 4.67. The quantitative estimate of drug-likeness (QED) is 0.746. The van der Waals surface area contributed by atoms with Gasteiger partial charge in [-0.15, -0.1) is 0 Å². The van der Waals surface area contributed by atoms with Crippen LogP contribution in [0.3, 0.4) is 0 Å². The first-order valence-corrected chi connectivity index (χ1v) is 10.9. The number of ether oxygens (including phenoxy) is 1. The predicted molar refractivity (Wildman–Crippen MR) is 120 cm³/mol. The first-order chi connectivity index (χ1) is 14.4. The second kappa shape index (κ2) is 8.52. The van der Waals surface area contributed by atoms with E-state index in [1.807, 2.05) is 56.3 Å². The molecule has 0 unspecified atom stereocenters.